The maximum atomic E-state index is 12.0. The van der Waals surface area contributed by atoms with Crippen molar-refractivity contribution in [2.24, 2.45) is 0 Å². The molecule has 73 heavy (non-hydrogen) atoms. The first kappa shape index (κ1) is 68.9. The topological polar surface area (TPSA) is 113 Å². The highest BCUT2D eigenvalue weighted by Crippen LogP contribution is 2.19. The Morgan fingerprint density at radius 2 is 0.822 bits per heavy atom. The van der Waals surface area contributed by atoms with Gasteiger partial charge in [0.15, 0.2) is 0 Å². The number of amides is 1. The number of imidazole rings is 1. The van der Waals surface area contributed by atoms with E-state index in [1.54, 1.807) is 6.20 Å². The van der Waals surface area contributed by atoms with E-state index in [1.807, 2.05) is 0 Å². The van der Waals surface area contributed by atoms with Gasteiger partial charge in [0.2, 0.25) is 0 Å². The Kier molecular flexibility index (Phi) is 55.9. The molecule has 0 fully saturated rings. The molecule has 0 aliphatic heterocycles. The number of allylic oxidation sites excluding steroid dienone is 4. The number of hydrogen-bond donors (Lipinski definition) is 2. The standard InChI is InChI=1S/C63H119N3O7/c1-4-7-10-13-16-19-22-24-26-28-30-32-35-38-41-44-48-71-58-62(72-49-45-42-39-36-33-31-29-27-25-23-20-17-14-11-8-5-2)61(46-43-40-37-34-21-18-15-12-9-6-3)73-56-55-70-54-53-69-52-51-68-50-47-65-63(67)60-57-64-59-66-60/h24-27,57,59,61-62H,4-23,28-56,58H2,1-3H3,(H,64,66)(H,65,67)/b26-24-,27-25-. The van der Waals surface area contributed by atoms with E-state index in [0.717, 1.165) is 38.9 Å². The van der Waals surface area contributed by atoms with E-state index in [2.05, 4.69) is 60.4 Å². The molecule has 0 aromatic carbocycles. The lowest BCUT2D eigenvalue weighted by Gasteiger charge is -2.28. The zero-order chi connectivity index (χ0) is 52.3. The smallest absolute Gasteiger partial charge is 0.271 e. The summed E-state index contributed by atoms with van der Waals surface area (Å²) in [5.41, 5.74) is 0.370. The van der Waals surface area contributed by atoms with Crippen molar-refractivity contribution in [1.29, 1.82) is 0 Å². The quantitative estimate of drug-likeness (QED) is 0.0490. The third-order valence-electron chi connectivity index (χ3n) is 13.9. The van der Waals surface area contributed by atoms with Crippen LogP contribution >= 0.6 is 0 Å². The van der Waals surface area contributed by atoms with Crippen LogP contribution < -0.4 is 5.32 Å². The predicted molar refractivity (Wildman–Crippen MR) is 309 cm³/mol. The van der Waals surface area contributed by atoms with Crippen LogP contribution in [0.5, 0.6) is 0 Å². The molecule has 2 unspecified atom stereocenters. The highest BCUT2D eigenvalue weighted by molar-refractivity contribution is 5.91. The molecule has 1 aromatic heterocycles. The lowest BCUT2D eigenvalue weighted by molar-refractivity contribution is -0.116. The van der Waals surface area contributed by atoms with Crippen molar-refractivity contribution in [3.63, 3.8) is 0 Å². The first-order chi connectivity index (χ1) is 36.2. The van der Waals surface area contributed by atoms with Crippen molar-refractivity contribution in [3.05, 3.63) is 42.5 Å². The van der Waals surface area contributed by atoms with Gasteiger partial charge in [0, 0.05) is 26.0 Å². The Labute approximate surface area is 451 Å². The fraction of sp³-hybridized carbons (Fsp3) is 0.873. The van der Waals surface area contributed by atoms with Crippen molar-refractivity contribution in [2.45, 2.75) is 283 Å². The minimum atomic E-state index is -0.216. The number of carbonyl (C=O) groups excluding carboxylic acids is 1. The molecule has 0 saturated heterocycles. The van der Waals surface area contributed by atoms with Crippen LogP contribution in [-0.2, 0) is 28.4 Å². The van der Waals surface area contributed by atoms with Crippen LogP contribution in [0.2, 0.25) is 0 Å². The van der Waals surface area contributed by atoms with Gasteiger partial charge in [-0.1, -0.05) is 225 Å². The second-order valence-corrected chi connectivity index (χ2v) is 20.8. The highest BCUT2D eigenvalue weighted by atomic mass is 16.6. The van der Waals surface area contributed by atoms with Crippen LogP contribution in [0.15, 0.2) is 36.8 Å². The van der Waals surface area contributed by atoms with Crippen LogP contribution in [-0.4, -0.2) is 101 Å². The Morgan fingerprint density at radius 1 is 0.438 bits per heavy atom. The Hall–Kier alpha value is -2.08. The predicted octanol–water partition coefficient (Wildman–Crippen LogP) is 17.4. The molecule has 0 saturated carbocycles. The van der Waals surface area contributed by atoms with E-state index in [0.29, 0.717) is 65.1 Å². The van der Waals surface area contributed by atoms with Gasteiger partial charge in [0.1, 0.15) is 11.8 Å². The molecule has 2 atom stereocenters. The van der Waals surface area contributed by atoms with Crippen LogP contribution in [0, 0.1) is 0 Å². The summed E-state index contributed by atoms with van der Waals surface area (Å²) >= 11 is 0. The summed E-state index contributed by atoms with van der Waals surface area (Å²) in [5, 5.41) is 2.79. The molecule has 0 bridgehead atoms. The minimum Gasteiger partial charge on any atom is -0.379 e. The van der Waals surface area contributed by atoms with Gasteiger partial charge in [-0.3, -0.25) is 4.79 Å². The van der Waals surface area contributed by atoms with E-state index < -0.39 is 0 Å². The summed E-state index contributed by atoms with van der Waals surface area (Å²) in [5.74, 6) is -0.216. The monoisotopic (exact) mass is 1030 g/mol. The highest BCUT2D eigenvalue weighted by Gasteiger charge is 2.23. The maximum absolute atomic E-state index is 12.0. The third-order valence-corrected chi connectivity index (χ3v) is 13.9. The largest absolute Gasteiger partial charge is 0.379 e. The summed E-state index contributed by atoms with van der Waals surface area (Å²) in [6, 6.07) is 0. The summed E-state index contributed by atoms with van der Waals surface area (Å²) in [7, 11) is 0. The van der Waals surface area contributed by atoms with Gasteiger partial charge in [0.25, 0.3) is 5.91 Å². The molecule has 10 nitrogen and oxygen atoms in total. The number of aromatic amines is 1. The lowest BCUT2D eigenvalue weighted by atomic mass is 10.0. The number of nitrogens with one attached hydrogen (secondary N) is 2. The number of carbonyl (C=O) groups is 1. The number of aromatic nitrogens is 2. The normalized spacial score (nSPS) is 12.8. The molecule has 1 aromatic rings. The summed E-state index contributed by atoms with van der Waals surface area (Å²) in [6.07, 6.45) is 63.5. The first-order valence-corrected chi connectivity index (χ1v) is 31.3. The van der Waals surface area contributed by atoms with Gasteiger partial charge in [-0.2, -0.15) is 0 Å². The van der Waals surface area contributed by atoms with Crippen LogP contribution in [0.4, 0.5) is 0 Å². The molecule has 0 radical (unpaired) electrons. The van der Waals surface area contributed by atoms with Crippen molar-refractivity contribution in [2.75, 3.05) is 72.6 Å². The molecule has 0 aliphatic carbocycles. The minimum absolute atomic E-state index is 0.0101. The zero-order valence-electron chi connectivity index (χ0n) is 48.3. The second kappa shape index (κ2) is 59.2. The maximum Gasteiger partial charge on any atom is 0.271 e. The van der Waals surface area contributed by atoms with Crippen molar-refractivity contribution < 1.29 is 33.2 Å². The molecule has 0 aliphatic rings. The molecule has 2 N–H and O–H groups in total. The van der Waals surface area contributed by atoms with Gasteiger partial charge in [-0.25, -0.2) is 4.98 Å². The Balaban J connectivity index is 2.53. The summed E-state index contributed by atoms with van der Waals surface area (Å²) < 4.78 is 37.0. The average Bonchev–Trinajstić information content (AvgIpc) is 3.96. The number of H-pyrrole nitrogens is 1. The molecular formula is C63H119N3O7. The molecule has 1 amide bonds. The molecule has 1 heterocycles. The van der Waals surface area contributed by atoms with Gasteiger partial charge in [-0.05, 0) is 70.6 Å². The second-order valence-electron chi connectivity index (χ2n) is 20.8. The Morgan fingerprint density at radius 3 is 1.27 bits per heavy atom. The number of hydrogen-bond acceptors (Lipinski definition) is 8. The molecular weight excluding hydrogens is 911 g/mol. The van der Waals surface area contributed by atoms with Crippen molar-refractivity contribution in [1.82, 2.24) is 15.3 Å². The molecule has 10 heteroatoms. The van der Waals surface area contributed by atoms with Gasteiger partial charge in [0.05, 0.1) is 65.3 Å². The molecule has 0 spiro atoms. The Bertz CT molecular complexity index is 1260. The third kappa shape index (κ3) is 50.5. The SMILES string of the molecule is CCCCCCCC/C=C\CCCCCCCCOCC(OCCCCCCCC/C=C\CCCCCCCC)C(CCCCCCCCCCCC)OCCOCCOCCOCCNC(=O)c1c[nH]cn1. The summed E-state index contributed by atoms with van der Waals surface area (Å²) in [4.78, 5) is 18.7. The number of rotatable bonds is 61. The fourth-order valence-electron chi connectivity index (χ4n) is 9.22. The fourth-order valence-corrected chi connectivity index (χ4v) is 9.22. The van der Waals surface area contributed by atoms with Crippen LogP contribution in [0.1, 0.15) is 282 Å². The van der Waals surface area contributed by atoms with Crippen molar-refractivity contribution >= 4 is 5.91 Å². The van der Waals surface area contributed by atoms with E-state index >= 15 is 0 Å². The number of ether oxygens (including phenoxy) is 6. The molecule has 1 rings (SSSR count). The van der Waals surface area contributed by atoms with Gasteiger partial charge >= 0.3 is 0 Å². The average molecular weight is 1030 g/mol. The number of unbranched alkanes of at least 4 members (excludes halogenated alkanes) is 33. The summed E-state index contributed by atoms with van der Waals surface area (Å²) in [6.45, 7) is 12.8. The van der Waals surface area contributed by atoms with Crippen molar-refractivity contribution in [3.8, 4) is 0 Å². The van der Waals surface area contributed by atoms with E-state index in [9.17, 15) is 4.79 Å². The van der Waals surface area contributed by atoms with E-state index in [4.69, 9.17) is 28.4 Å². The number of nitrogens with zero attached hydrogens (tertiary/aromatic N) is 1. The zero-order valence-corrected chi connectivity index (χ0v) is 48.3. The molecule has 428 valence electrons. The van der Waals surface area contributed by atoms with Gasteiger partial charge in [-0.15, -0.1) is 0 Å². The van der Waals surface area contributed by atoms with Crippen LogP contribution in [0.3, 0.4) is 0 Å². The van der Waals surface area contributed by atoms with Crippen LogP contribution in [0.25, 0.3) is 0 Å². The van der Waals surface area contributed by atoms with Gasteiger partial charge < -0.3 is 38.7 Å². The van der Waals surface area contributed by atoms with E-state index in [-0.39, 0.29) is 18.1 Å². The lowest BCUT2D eigenvalue weighted by Crippen LogP contribution is -2.37. The first-order valence-electron chi connectivity index (χ1n) is 31.3. The van der Waals surface area contributed by atoms with E-state index in [1.165, 1.54) is 231 Å².